The molecular formula is C7H11N. The van der Waals surface area contributed by atoms with Crippen molar-refractivity contribution >= 4 is 0 Å². The molecular weight excluding hydrogens is 98.1 g/mol. The number of rotatable bonds is 0. The van der Waals surface area contributed by atoms with Crippen molar-refractivity contribution in [3.63, 3.8) is 0 Å². The second-order valence-electron chi connectivity index (χ2n) is 2.04. The SMILES string of the molecule is N/C=C1\C=CCCC1. The van der Waals surface area contributed by atoms with Gasteiger partial charge in [0.05, 0.1) is 0 Å². The fourth-order valence-corrected chi connectivity index (χ4v) is 0.881. The molecule has 0 radical (unpaired) electrons. The summed E-state index contributed by atoms with van der Waals surface area (Å²) >= 11 is 0. The van der Waals surface area contributed by atoms with Gasteiger partial charge in [-0.15, -0.1) is 0 Å². The van der Waals surface area contributed by atoms with Crippen LogP contribution in [0.5, 0.6) is 0 Å². The van der Waals surface area contributed by atoms with Crippen molar-refractivity contribution in [3.05, 3.63) is 23.9 Å². The fourth-order valence-electron chi connectivity index (χ4n) is 0.881. The molecule has 0 aromatic rings. The minimum Gasteiger partial charge on any atom is -0.404 e. The smallest absolute Gasteiger partial charge is 0.00298 e. The van der Waals surface area contributed by atoms with Gasteiger partial charge in [-0.3, -0.25) is 0 Å². The largest absolute Gasteiger partial charge is 0.404 e. The summed E-state index contributed by atoms with van der Waals surface area (Å²) in [5.74, 6) is 0. The van der Waals surface area contributed by atoms with Crippen LogP contribution in [0, 0.1) is 0 Å². The highest BCUT2D eigenvalue weighted by atomic mass is 14.5. The van der Waals surface area contributed by atoms with E-state index in [0.29, 0.717) is 0 Å². The van der Waals surface area contributed by atoms with Crippen molar-refractivity contribution in [1.29, 1.82) is 0 Å². The molecule has 1 heteroatoms. The second kappa shape index (κ2) is 2.55. The zero-order valence-corrected chi connectivity index (χ0v) is 4.93. The molecule has 1 nitrogen and oxygen atoms in total. The lowest BCUT2D eigenvalue weighted by molar-refractivity contribution is 0.819. The van der Waals surface area contributed by atoms with Crippen molar-refractivity contribution in [2.45, 2.75) is 19.3 Å². The van der Waals surface area contributed by atoms with Crippen molar-refractivity contribution in [2.24, 2.45) is 5.73 Å². The van der Waals surface area contributed by atoms with Gasteiger partial charge in [0.15, 0.2) is 0 Å². The molecule has 0 atom stereocenters. The molecule has 0 fully saturated rings. The second-order valence-corrected chi connectivity index (χ2v) is 2.04. The molecule has 1 aliphatic carbocycles. The average Bonchev–Trinajstić information content (AvgIpc) is 1.90. The van der Waals surface area contributed by atoms with E-state index in [-0.39, 0.29) is 0 Å². The van der Waals surface area contributed by atoms with Crippen molar-refractivity contribution in [1.82, 2.24) is 0 Å². The van der Waals surface area contributed by atoms with Gasteiger partial charge in [0.2, 0.25) is 0 Å². The average molecular weight is 109 g/mol. The van der Waals surface area contributed by atoms with E-state index in [1.165, 1.54) is 18.4 Å². The Bertz CT molecular complexity index is 122. The van der Waals surface area contributed by atoms with E-state index in [1.807, 2.05) is 0 Å². The van der Waals surface area contributed by atoms with Crippen LogP contribution in [0.4, 0.5) is 0 Å². The third-order valence-corrected chi connectivity index (χ3v) is 1.38. The van der Waals surface area contributed by atoms with Crippen LogP contribution in [0.25, 0.3) is 0 Å². The first-order valence-electron chi connectivity index (χ1n) is 3.01. The predicted octanol–water partition coefficient (Wildman–Crippen LogP) is 1.57. The molecule has 0 amide bonds. The maximum Gasteiger partial charge on any atom is -0.00298 e. The molecule has 8 heavy (non-hydrogen) atoms. The first-order valence-corrected chi connectivity index (χ1v) is 3.01. The molecule has 1 rings (SSSR count). The van der Waals surface area contributed by atoms with E-state index in [2.05, 4.69) is 12.2 Å². The monoisotopic (exact) mass is 109 g/mol. The van der Waals surface area contributed by atoms with E-state index < -0.39 is 0 Å². The molecule has 0 unspecified atom stereocenters. The molecule has 2 N–H and O–H groups in total. The Kier molecular flexibility index (Phi) is 1.73. The number of hydrogen-bond acceptors (Lipinski definition) is 1. The molecule has 0 bridgehead atoms. The molecule has 0 aromatic carbocycles. The summed E-state index contributed by atoms with van der Waals surface area (Å²) in [5.41, 5.74) is 6.56. The van der Waals surface area contributed by atoms with Crippen LogP contribution in [0.3, 0.4) is 0 Å². The standard InChI is InChI=1S/C7H11N/c8-6-7-4-2-1-3-5-7/h2,4,6H,1,3,5,8H2/b7-6+. The normalized spacial score (nSPS) is 24.2. The number of nitrogens with two attached hydrogens (primary N) is 1. The van der Waals surface area contributed by atoms with Crippen molar-refractivity contribution in [3.8, 4) is 0 Å². The minimum atomic E-state index is 1.16. The van der Waals surface area contributed by atoms with Gasteiger partial charge in [-0.25, -0.2) is 0 Å². The van der Waals surface area contributed by atoms with E-state index >= 15 is 0 Å². The zero-order chi connectivity index (χ0) is 5.82. The summed E-state index contributed by atoms with van der Waals surface area (Å²) in [5, 5.41) is 0. The van der Waals surface area contributed by atoms with E-state index in [0.717, 1.165) is 6.42 Å². The predicted molar refractivity (Wildman–Crippen MR) is 35.3 cm³/mol. The number of hydrogen-bond donors (Lipinski definition) is 1. The van der Waals surface area contributed by atoms with Crippen LogP contribution < -0.4 is 5.73 Å². The molecule has 0 saturated carbocycles. The lowest BCUT2D eigenvalue weighted by Crippen LogP contribution is -1.90. The summed E-state index contributed by atoms with van der Waals surface area (Å²) in [6, 6.07) is 0. The van der Waals surface area contributed by atoms with Gasteiger partial charge in [0.25, 0.3) is 0 Å². The maximum atomic E-state index is 5.29. The quantitative estimate of drug-likeness (QED) is 0.502. The molecule has 0 saturated heterocycles. The highest BCUT2D eigenvalue weighted by Crippen LogP contribution is 2.13. The molecule has 0 heterocycles. The Morgan fingerprint density at radius 3 is 2.88 bits per heavy atom. The summed E-state index contributed by atoms with van der Waals surface area (Å²) in [7, 11) is 0. The van der Waals surface area contributed by atoms with Gasteiger partial charge in [0.1, 0.15) is 0 Å². The topological polar surface area (TPSA) is 26.0 Å². The molecule has 1 aliphatic rings. The molecule has 44 valence electrons. The van der Waals surface area contributed by atoms with E-state index in [1.54, 1.807) is 6.20 Å². The van der Waals surface area contributed by atoms with Gasteiger partial charge in [-0.2, -0.15) is 0 Å². The van der Waals surface area contributed by atoms with E-state index in [4.69, 9.17) is 5.73 Å². The van der Waals surface area contributed by atoms with Crippen LogP contribution in [0.15, 0.2) is 23.9 Å². The Hall–Kier alpha value is -0.720. The molecule has 0 spiro atoms. The summed E-state index contributed by atoms with van der Waals surface area (Å²) in [4.78, 5) is 0. The van der Waals surface area contributed by atoms with Gasteiger partial charge in [-0.05, 0) is 31.0 Å². The maximum absolute atomic E-state index is 5.29. The first kappa shape index (κ1) is 5.42. The summed E-state index contributed by atoms with van der Waals surface area (Å²) in [6.45, 7) is 0. The van der Waals surface area contributed by atoms with Crippen LogP contribution in [-0.4, -0.2) is 0 Å². The van der Waals surface area contributed by atoms with Gasteiger partial charge >= 0.3 is 0 Å². The minimum absolute atomic E-state index is 1.16. The third-order valence-electron chi connectivity index (χ3n) is 1.38. The van der Waals surface area contributed by atoms with Crippen LogP contribution in [-0.2, 0) is 0 Å². The fraction of sp³-hybridized carbons (Fsp3) is 0.429. The Morgan fingerprint density at radius 2 is 2.50 bits per heavy atom. The van der Waals surface area contributed by atoms with Crippen LogP contribution >= 0.6 is 0 Å². The van der Waals surface area contributed by atoms with Gasteiger partial charge in [0, 0.05) is 0 Å². The highest BCUT2D eigenvalue weighted by molar-refractivity contribution is 5.19. The highest BCUT2D eigenvalue weighted by Gasteiger charge is 1.95. The summed E-state index contributed by atoms with van der Waals surface area (Å²) in [6.07, 6.45) is 9.60. The first-order chi connectivity index (χ1) is 3.93. The van der Waals surface area contributed by atoms with E-state index in [9.17, 15) is 0 Å². The molecule has 0 aromatic heterocycles. The van der Waals surface area contributed by atoms with Crippen molar-refractivity contribution in [2.75, 3.05) is 0 Å². The van der Waals surface area contributed by atoms with Crippen molar-refractivity contribution < 1.29 is 0 Å². The third kappa shape index (κ3) is 1.12. The lowest BCUT2D eigenvalue weighted by Gasteiger charge is -2.03. The van der Waals surface area contributed by atoms with Crippen LogP contribution in [0.2, 0.25) is 0 Å². The zero-order valence-electron chi connectivity index (χ0n) is 4.93. The number of allylic oxidation sites excluding steroid dienone is 3. The van der Waals surface area contributed by atoms with Crippen LogP contribution in [0.1, 0.15) is 19.3 Å². The molecule has 0 aliphatic heterocycles. The Morgan fingerprint density at radius 1 is 1.62 bits per heavy atom. The lowest BCUT2D eigenvalue weighted by atomic mass is 10.0. The van der Waals surface area contributed by atoms with Gasteiger partial charge in [-0.1, -0.05) is 12.2 Å². The summed E-state index contributed by atoms with van der Waals surface area (Å²) < 4.78 is 0. The Labute approximate surface area is 49.9 Å². The Balaban J connectivity index is 2.56. The van der Waals surface area contributed by atoms with Gasteiger partial charge < -0.3 is 5.73 Å².